The summed E-state index contributed by atoms with van der Waals surface area (Å²) < 4.78 is 5.25. The number of nitrogens with zero attached hydrogens (tertiary/aromatic N) is 2. The summed E-state index contributed by atoms with van der Waals surface area (Å²) in [6, 6.07) is 9.74. The van der Waals surface area contributed by atoms with E-state index in [0.717, 1.165) is 21.9 Å². The highest BCUT2D eigenvalue weighted by Gasteiger charge is 2.30. The Bertz CT molecular complexity index is 786. The second kappa shape index (κ2) is 7.37. The molecule has 1 fully saturated rings. The molecule has 2 heterocycles. The molecule has 1 amide bonds. The van der Waals surface area contributed by atoms with Crippen molar-refractivity contribution in [2.45, 2.75) is 26.4 Å². The van der Waals surface area contributed by atoms with Crippen LogP contribution < -0.4 is 9.64 Å². The lowest BCUT2D eigenvalue weighted by Crippen LogP contribution is -2.54. The van der Waals surface area contributed by atoms with E-state index in [0.29, 0.717) is 19.6 Å². The van der Waals surface area contributed by atoms with Crippen molar-refractivity contribution in [2.24, 2.45) is 0 Å². The molecular weight excluding hydrogens is 336 g/mol. The first kappa shape index (κ1) is 17.6. The average molecular weight is 358 g/mol. The summed E-state index contributed by atoms with van der Waals surface area (Å²) in [5.74, 6) is 0.909. The highest BCUT2D eigenvalue weighted by Crippen LogP contribution is 2.26. The highest BCUT2D eigenvalue weighted by atomic mass is 32.1. The molecule has 0 N–H and O–H groups in total. The topological polar surface area (TPSA) is 49.9 Å². The van der Waals surface area contributed by atoms with Gasteiger partial charge in [0, 0.05) is 30.9 Å². The number of ketones is 1. The summed E-state index contributed by atoms with van der Waals surface area (Å²) in [5, 5.41) is 2.00. The van der Waals surface area contributed by atoms with Gasteiger partial charge in [-0.25, -0.2) is 0 Å². The number of rotatable bonds is 5. The maximum atomic E-state index is 12.6. The Hall–Kier alpha value is -2.18. The van der Waals surface area contributed by atoms with Crippen molar-refractivity contribution in [2.75, 3.05) is 25.1 Å². The van der Waals surface area contributed by atoms with E-state index >= 15 is 0 Å². The molecule has 132 valence electrons. The van der Waals surface area contributed by atoms with Crippen LogP contribution in [0.3, 0.4) is 0 Å². The van der Waals surface area contributed by atoms with Crippen molar-refractivity contribution >= 4 is 28.7 Å². The number of benzene rings is 1. The van der Waals surface area contributed by atoms with E-state index in [2.05, 4.69) is 11.8 Å². The summed E-state index contributed by atoms with van der Waals surface area (Å²) >= 11 is 1.46. The molecular formula is C19H22N2O3S. The monoisotopic (exact) mass is 358 g/mol. The SMILES string of the molecule is COc1cccc(N2C[C@H](C)N(Cc3csc(C(C)=O)c3)CC2=O)c1. The summed E-state index contributed by atoms with van der Waals surface area (Å²) in [4.78, 5) is 28.8. The smallest absolute Gasteiger partial charge is 0.241 e. The minimum absolute atomic E-state index is 0.0772. The van der Waals surface area contributed by atoms with E-state index in [4.69, 9.17) is 4.74 Å². The van der Waals surface area contributed by atoms with Gasteiger partial charge in [-0.05, 0) is 43.0 Å². The third-order valence-corrected chi connectivity index (χ3v) is 5.54. The fraction of sp³-hybridized carbons (Fsp3) is 0.368. The van der Waals surface area contributed by atoms with E-state index in [1.54, 1.807) is 14.0 Å². The van der Waals surface area contributed by atoms with Crippen LogP contribution in [0.1, 0.15) is 29.1 Å². The summed E-state index contributed by atoms with van der Waals surface area (Å²) in [6.45, 7) is 5.38. The van der Waals surface area contributed by atoms with Crippen molar-refractivity contribution in [1.29, 1.82) is 0 Å². The predicted octanol–water partition coefficient (Wildman–Crippen LogP) is 3.20. The number of carbonyl (C=O) groups excluding carboxylic acids is 2. The number of thiophene rings is 1. The van der Waals surface area contributed by atoms with Gasteiger partial charge in [0.2, 0.25) is 5.91 Å². The van der Waals surface area contributed by atoms with Crippen LogP contribution >= 0.6 is 11.3 Å². The van der Waals surface area contributed by atoms with Crippen LogP contribution in [-0.2, 0) is 11.3 Å². The number of anilines is 1. The Morgan fingerprint density at radius 2 is 2.16 bits per heavy atom. The standard InChI is InChI=1S/C19H22N2O3S/c1-13-9-21(16-5-4-6-17(8-16)24-3)19(23)11-20(13)10-15-7-18(14(2)22)25-12-15/h4-8,12-13H,9-11H2,1-3H3/t13-/m0/s1. The van der Waals surface area contributed by atoms with Gasteiger partial charge in [0.05, 0.1) is 18.5 Å². The Kier molecular flexibility index (Phi) is 5.20. The summed E-state index contributed by atoms with van der Waals surface area (Å²) in [7, 11) is 1.62. The molecule has 0 aliphatic carbocycles. The van der Waals surface area contributed by atoms with Crippen LogP contribution in [-0.4, -0.2) is 42.8 Å². The van der Waals surface area contributed by atoms with Crippen molar-refractivity contribution in [3.8, 4) is 5.75 Å². The van der Waals surface area contributed by atoms with Crippen LogP contribution in [0.4, 0.5) is 5.69 Å². The predicted molar refractivity (Wildman–Crippen MR) is 99.5 cm³/mol. The summed E-state index contributed by atoms with van der Waals surface area (Å²) in [6.07, 6.45) is 0. The van der Waals surface area contributed by atoms with Gasteiger partial charge in [-0.2, -0.15) is 0 Å². The largest absolute Gasteiger partial charge is 0.497 e. The average Bonchev–Trinajstić information content (AvgIpc) is 3.07. The van der Waals surface area contributed by atoms with E-state index in [1.807, 2.05) is 40.6 Å². The molecule has 1 aromatic heterocycles. The molecule has 1 aliphatic heterocycles. The molecule has 2 aromatic rings. The number of piperazine rings is 1. The van der Waals surface area contributed by atoms with E-state index in [1.165, 1.54) is 11.3 Å². The number of methoxy groups -OCH3 is 1. The minimum Gasteiger partial charge on any atom is -0.497 e. The fourth-order valence-corrected chi connectivity index (χ4v) is 3.82. The van der Waals surface area contributed by atoms with Crippen LogP contribution in [0.2, 0.25) is 0 Å². The third kappa shape index (κ3) is 3.91. The van der Waals surface area contributed by atoms with E-state index < -0.39 is 0 Å². The fourth-order valence-electron chi connectivity index (χ4n) is 3.01. The number of ether oxygens (including phenoxy) is 1. The lowest BCUT2D eigenvalue weighted by molar-refractivity contribution is -0.122. The van der Waals surface area contributed by atoms with Crippen molar-refractivity contribution < 1.29 is 14.3 Å². The Balaban J connectivity index is 1.70. The maximum Gasteiger partial charge on any atom is 0.241 e. The third-order valence-electron chi connectivity index (χ3n) is 4.46. The zero-order valence-corrected chi connectivity index (χ0v) is 15.5. The molecule has 0 spiro atoms. The molecule has 0 radical (unpaired) electrons. The Labute approximate surface area is 151 Å². The molecule has 5 nitrogen and oxygen atoms in total. The molecule has 6 heteroatoms. The zero-order chi connectivity index (χ0) is 18.0. The van der Waals surface area contributed by atoms with Gasteiger partial charge in [0.15, 0.2) is 5.78 Å². The number of carbonyl (C=O) groups is 2. The van der Waals surface area contributed by atoms with Crippen LogP contribution in [0.15, 0.2) is 35.7 Å². The molecule has 1 atom stereocenters. The molecule has 0 bridgehead atoms. The van der Waals surface area contributed by atoms with Gasteiger partial charge in [0.25, 0.3) is 0 Å². The van der Waals surface area contributed by atoms with Crippen LogP contribution in [0, 0.1) is 0 Å². The molecule has 25 heavy (non-hydrogen) atoms. The van der Waals surface area contributed by atoms with Crippen LogP contribution in [0.5, 0.6) is 5.75 Å². The lowest BCUT2D eigenvalue weighted by Gasteiger charge is -2.39. The molecule has 3 rings (SSSR count). The normalized spacial score (nSPS) is 18.4. The van der Waals surface area contributed by atoms with Gasteiger partial charge in [-0.1, -0.05) is 6.07 Å². The summed E-state index contributed by atoms with van der Waals surface area (Å²) in [5.41, 5.74) is 1.95. The van der Waals surface area contributed by atoms with Gasteiger partial charge >= 0.3 is 0 Å². The van der Waals surface area contributed by atoms with Crippen molar-refractivity contribution in [1.82, 2.24) is 4.90 Å². The molecule has 0 unspecified atom stereocenters. The number of Topliss-reactive ketones (excluding diaryl/α,β-unsaturated/α-hetero) is 1. The van der Waals surface area contributed by atoms with Crippen molar-refractivity contribution in [3.05, 3.63) is 46.2 Å². The first-order chi connectivity index (χ1) is 12.0. The molecule has 1 aliphatic rings. The molecule has 1 aromatic carbocycles. The first-order valence-electron chi connectivity index (χ1n) is 8.24. The van der Waals surface area contributed by atoms with Gasteiger partial charge in [-0.15, -0.1) is 11.3 Å². The van der Waals surface area contributed by atoms with Gasteiger partial charge in [0.1, 0.15) is 5.75 Å². The number of amides is 1. The highest BCUT2D eigenvalue weighted by molar-refractivity contribution is 7.12. The van der Waals surface area contributed by atoms with Gasteiger partial charge in [-0.3, -0.25) is 14.5 Å². The minimum atomic E-state index is 0.0772. The number of hydrogen-bond donors (Lipinski definition) is 0. The Morgan fingerprint density at radius 1 is 1.36 bits per heavy atom. The second-order valence-corrected chi connectivity index (χ2v) is 7.25. The van der Waals surface area contributed by atoms with Gasteiger partial charge < -0.3 is 9.64 Å². The molecule has 0 saturated carbocycles. The lowest BCUT2D eigenvalue weighted by atomic mass is 10.1. The maximum absolute atomic E-state index is 12.6. The zero-order valence-electron chi connectivity index (χ0n) is 14.7. The first-order valence-corrected chi connectivity index (χ1v) is 9.12. The Morgan fingerprint density at radius 3 is 2.84 bits per heavy atom. The van der Waals surface area contributed by atoms with Crippen molar-refractivity contribution in [3.63, 3.8) is 0 Å². The molecule has 1 saturated heterocycles. The van der Waals surface area contributed by atoms with E-state index in [-0.39, 0.29) is 17.7 Å². The number of hydrogen-bond acceptors (Lipinski definition) is 5. The second-order valence-electron chi connectivity index (χ2n) is 6.34. The quantitative estimate of drug-likeness (QED) is 0.770. The van der Waals surface area contributed by atoms with E-state index in [9.17, 15) is 9.59 Å². The van der Waals surface area contributed by atoms with Crippen LogP contribution in [0.25, 0.3) is 0 Å².